The molecule has 0 saturated carbocycles. The average molecular weight is 355 g/mol. The molecule has 0 aromatic heterocycles. The molecule has 138 valence electrons. The Hall–Kier alpha value is -3.12. The standard InChI is InChI=1S/C27H30/c1-2-4-6-8-10-12-14-16-18-20-22-24-26-27-25-23-21-19-17-15-13-11-9-7-5-3-1/h1-24H,25-27H2/b3-1+,4-2+,7-5-,8-6+,11-9+,12-10+,15-13+,16-14-,19-17+,20-18+,23-21?,24-22+. The van der Waals surface area contributed by atoms with Gasteiger partial charge in [0.15, 0.2) is 0 Å². The fourth-order valence-electron chi connectivity index (χ4n) is 1.99. The van der Waals surface area contributed by atoms with E-state index in [9.17, 15) is 0 Å². The number of rotatable bonds is 0. The van der Waals surface area contributed by atoms with Gasteiger partial charge in [0.25, 0.3) is 0 Å². The molecule has 0 amide bonds. The van der Waals surface area contributed by atoms with Gasteiger partial charge in [0, 0.05) is 0 Å². The van der Waals surface area contributed by atoms with Crippen LogP contribution in [0, 0.1) is 0 Å². The fourth-order valence-corrected chi connectivity index (χ4v) is 1.99. The normalized spacial score (nSPS) is 29.9. The first-order valence-electron chi connectivity index (χ1n) is 9.48. The fraction of sp³-hybridized carbons (Fsp3) is 0.111. The lowest BCUT2D eigenvalue weighted by Crippen LogP contribution is -1.68. The van der Waals surface area contributed by atoms with Crippen molar-refractivity contribution in [3.63, 3.8) is 0 Å². The van der Waals surface area contributed by atoms with Crippen molar-refractivity contribution >= 4 is 0 Å². The minimum absolute atomic E-state index is 1.10. The summed E-state index contributed by atoms with van der Waals surface area (Å²) in [4.78, 5) is 0. The zero-order valence-electron chi connectivity index (χ0n) is 16.0. The summed E-state index contributed by atoms with van der Waals surface area (Å²) in [7, 11) is 0. The highest BCUT2D eigenvalue weighted by Gasteiger charge is 1.78. The van der Waals surface area contributed by atoms with Crippen LogP contribution in [-0.2, 0) is 0 Å². The summed E-state index contributed by atoms with van der Waals surface area (Å²) in [6.07, 6.45) is 52.5. The first-order valence-corrected chi connectivity index (χ1v) is 9.48. The molecule has 1 aliphatic carbocycles. The molecule has 0 fully saturated rings. The monoisotopic (exact) mass is 354 g/mol. The smallest absolute Gasteiger partial charge is 0.0345 e. The summed E-state index contributed by atoms with van der Waals surface area (Å²) in [5.41, 5.74) is 0. The first-order chi connectivity index (χ1) is 13.5. The lowest BCUT2D eigenvalue weighted by molar-refractivity contribution is 0.868. The highest BCUT2D eigenvalue weighted by molar-refractivity contribution is 5.23. The molecule has 0 radical (unpaired) electrons. The third kappa shape index (κ3) is 17.5. The van der Waals surface area contributed by atoms with E-state index in [1.54, 1.807) is 0 Å². The molecular weight excluding hydrogens is 324 g/mol. The second kappa shape index (κ2) is 19.2. The van der Waals surface area contributed by atoms with E-state index in [2.05, 4.69) is 36.5 Å². The Morgan fingerprint density at radius 3 is 0.630 bits per heavy atom. The summed E-state index contributed by atoms with van der Waals surface area (Å²) >= 11 is 0. The average Bonchev–Trinajstić information content (AvgIpc) is 2.68. The Bertz CT molecular complexity index is 643. The van der Waals surface area contributed by atoms with E-state index < -0.39 is 0 Å². The van der Waals surface area contributed by atoms with E-state index in [0.29, 0.717) is 0 Å². The zero-order chi connectivity index (χ0) is 19.1. The Morgan fingerprint density at radius 2 is 0.407 bits per heavy atom. The highest BCUT2D eigenvalue weighted by Crippen LogP contribution is 1.98. The van der Waals surface area contributed by atoms with Gasteiger partial charge in [-0.3, -0.25) is 0 Å². The molecule has 0 aromatic carbocycles. The van der Waals surface area contributed by atoms with Crippen molar-refractivity contribution in [2.75, 3.05) is 0 Å². The molecule has 0 spiro atoms. The Kier molecular flexibility index (Phi) is 15.6. The van der Waals surface area contributed by atoms with Crippen LogP contribution in [0.5, 0.6) is 0 Å². The second-order valence-electron chi connectivity index (χ2n) is 5.64. The Balaban J connectivity index is 2.58. The molecule has 0 bridgehead atoms. The maximum Gasteiger partial charge on any atom is -0.0345 e. The molecule has 0 aromatic rings. The number of hydrogen-bond donors (Lipinski definition) is 0. The number of allylic oxidation sites excluding steroid dienone is 24. The van der Waals surface area contributed by atoms with Crippen molar-refractivity contribution in [3.8, 4) is 0 Å². The molecule has 0 heteroatoms. The van der Waals surface area contributed by atoms with Gasteiger partial charge in [-0.1, -0.05) is 146 Å². The van der Waals surface area contributed by atoms with Crippen molar-refractivity contribution in [2.24, 2.45) is 0 Å². The molecular formula is C27H30. The van der Waals surface area contributed by atoms with Crippen LogP contribution in [0.4, 0.5) is 0 Å². The SMILES string of the molecule is C1=CCCC/C=C/C=C/C=C\C=C\C=C\C=C\C=C\C=C/C=C/C=C/C=C/1. The maximum atomic E-state index is 2.21. The molecule has 1 aliphatic rings. The predicted octanol–water partition coefficient (Wildman–Crippen LogP) is 7.84. The summed E-state index contributed by atoms with van der Waals surface area (Å²) in [6, 6.07) is 0. The van der Waals surface area contributed by atoms with Gasteiger partial charge in [0.1, 0.15) is 0 Å². The summed E-state index contributed by atoms with van der Waals surface area (Å²) in [6.45, 7) is 0. The van der Waals surface area contributed by atoms with Gasteiger partial charge >= 0.3 is 0 Å². The second-order valence-corrected chi connectivity index (χ2v) is 5.64. The van der Waals surface area contributed by atoms with Crippen LogP contribution in [0.2, 0.25) is 0 Å². The molecule has 1 rings (SSSR count). The van der Waals surface area contributed by atoms with E-state index in [4.69, 9.17) is 0 Å². The lowest BCUT2D eigenvalue weighted by atomic mass is 10.2. The van der Waals surface area contributed by atoms with E-state index in [0.717, 1.165) is 12.8 Å². The summed E-state index contributed by atoms with van der Waals surface area (Å²) in [5.74, 6) is 0. The van der Waals surface area contributed by atoms with Crippen molar-refractivity contribution in [1.29, 1.82) is 0 Å². The third-order valence-electron chi connectivity index (χ3n) is 3.35. The van der Waals surface area contributed by atoms with Gasteiger partial charge in [-0.05, 0) is 19.3 Å². The van der Waals surface area contributed by atoms with Gasteiger partial charge < -0.3 is 0 Å². The highest BCUT2D eigenvalue weighted by atomic mass is 13.8. The predicted molar refractivity (Wildman–Crippen MR) is 124 cm³/mol. The summed E-state index contributed by atoms with van der Waals surface area (Å²) < 4.78 is 0. The topological polar surface area (TPSA) is 0 Å². The quantitative estimate of drug-likeness (QED) is 0.415. The minimum Gasteiger partial charge on any atom is -0.0845 e. The first kappa shape index (κ1) is 21.9. The molecule has 0 saturated heterocycles. The molecule has 27 heavy (non-hydrogen) atoms. The van der Waals surface area contributed by atoms with Crippen LogP contribution in [0.15, 0.2) is 146 Å². The van der Waals surface area contributed by atoms with Crippen molar-refractivity contribution in [3.05, 3.63) is 146 Å². The van der Waals surface area contributed by atoms with E-state index in [-0.39, 0.29) is 0 Å². The van der Waals surface area contributed by atoms with Crippen LogP contribution in [0.25, 0.3) is 0 Å². The van der Waals surface area contributed by atoms with Gasteiger partial charge in [0.2, 0.25) is 0 Å². The van der Waals surface area contributed by atoms with Gasteiger partial charge in [-0.25, -0.2) is 0 Å². The molecule has 0 atom stereocenters. The zero-order valence-corrected chi connectivity index (χ0v) is 16.0. The van der Waals surface area contributed by atoms with Crippen molar-refractivity contribution < 1.29 is 0 Å². The van der Waals surface area contributed by atoms with E-state index in [1.807, 2.05) is 109 Å². The van der Waals surface area contributed by atoms with Crippen LogP contribution < -0.4 is 0 Å². The van der Waals surface area contributed by atoms with Crippen molar-refractivity contribution in [2.45, 2.75) is 19.3 Å². The maximum absolute atomic E-state index is 2.21. The Labute approximate surface area is 165 Å². The van der Waals surface area contributed by atoms with E-state index in [1.165, 1.54) is 6.42 Å². The van der Waals surface area contributed by atoms with Gasteiger partial charge in [-0.15, -0.1) is 0 Å². The Morgan fingerprint density at radius 1 is 0.222 bits per heavy atom. The molecule has 0 unspecified atom stereocenters. The van der Waals surface area contributed by atoms with Gasteiger partial charge in [0.05, 0.1) is 0 Å². The van der Waals surface area contributed by atoms with Crippen LogP contribution in [-0.4, -0.2) is 0 Å². The molecule has 0 nitrogen and oxygen atoms in total. The molecule has 0 heterocycles. The largest absolute Gasteiger partial charge is 0.0845 e. The third-order valence-corrected chi connectivity index (χ3v) is 3.35. The van der Waals surface area contributed by atoms with Crippen molar-refractivity contribution in [1.82, 2.24) is 0 Å². The minimum atomic E-state index is 1.10. The van der Waals surface area contributed by atoms with Crippen LogP contribution in [0.3, 0.4) is 0 Å². The van der Waals surface area contributed by atoms with Crippen LogP contribution >= 0.6 is 0 Å². The van der Waals surface area contributed by atoms with Gasteiger partial charge in [-0.2, -0.15) is 0 Å². The number of hydrogen-bond acceptors (Lipinski definition) is 0. The lowest BCUT2D eigenvalue weighted by Gasteiger charge is -1.88. The molecule has 0 N–H and O–H groups in total. The molecule has 0 aliphatic heterocycles. The van der Waals surface area contributed by atoms with Crippen LogP contribution in [0.1, 0.15) is 19.3 Å². The van der Waals surface area contributed by atoms with E-state index >= 15 is 0 Å². The summed E-state index contributed by atoms with van der Waals surface area (Å²) in [5, 5.41) is 0.